The largest absolute Gasteiger partial charge is 0.492 e. The molecule has 116 valence electrons. The lowest BCUT2D eigenvalue weighted by molar-refractivity contribution is 0.342. The molecule has 0 unspecified atom stereocenters. The van der Waals surface area contributed by atoms with Gasteiger partial charge in [0.25, 0.3) is 0 Å². The first-order valence-corrected chi connectivity index (χ1v) is 8.73. The monoisotopic (exact) mass is 322 g/mol. The number of ether oxygens (including phenoxy) is 1. The van der Waals surface area contributed by atoms with Crippen LogP contribution in [-0.4, -0.2) is 11.6 Å². The van der Waals surface area contributed by atoms with Crippen LogP contribution in [0.4, 0.5) is 10.8 Å². The molecule has 4 heteroatoms. The van der Waals surface area contributed by atoms with Crippen LogP contribution in [0.15, 0.2) is 48.5 Å². The van der Waals surface area contributed by atoms with E-state index in [1.807, 2.05) is 31.2 Å². The van der Waals surface area contributed by atoms with Gasteiger partial charge in [-0.1, -0.05) is 36.4 Å². The number of fused-ring (bicyclic) bond motifs is 3. The molecule has 2 aromatic carbocycles. The van der Waals surface area contributed by atoms with E-state index in [0.717, 1.165) is 35.1 Å². The molecule has 0 radical (unpaired) electrons. The molecule has 0 aliphatic heterocycles. The highest BCUT2D eigenvalue weighted by molar-refractivity contribution is 7.16. The van der Waals surface area contributed by atoms with Gasteiger partial charge in [-0.3, -0.25) is 0 Å². The molecule has 0 amide bonds. The second-order valence-corrected chi connectivity index (χ2v) is 6.59. The fourth-order valence-corrected chi connectivity index (χ4v) is 3.96. The molecule has 0 saturated carbocycles. The predicted octanol–water partition coefficient (Wildman–Crippen LogP) is 5.05. The Bertz CT molecular complexity index is 841. The summed E-state index contributed by atoms with van der Waals surface area (Å²) in [5, 5.41) is 4.36. The van der Waals surface area contributed by atoms with Crippen molar-refractivity contribution in [3.05, 3.63) is 59.0 Å². The highest BCUT2D eigenvalue weighted by atomic mass is 32.1. The minimum absolute atomic E-state index is 0.653. The quantitative estimate of drug-likeness (QED) is 0.730. The Labute approximate surface area is 140 Å². The Kier molecular flexibility index (Phi) is 3.75. The highest BCUT2D eigenvalue weighted by Gasteiger charge is 2.20. The van der Waals surface area contributed by atoms with Gasteiger partial charge >= 0.3 is 0 Å². The standard InChI is InChI=1S/C19H18N2OS/c1-2-22-16-10-6-5-9-15(16)20-19-21-18-14-8-4-3-7-13(14)11-12-17(18)23-19/h3-10H,2,11-12H2,1H3,(H,20,21). The molecular weight excluding hydrogens is 304 g/mol. The van der Waals surface area contributed by atoms with E-state index >= 15 is 0 Å². The normalized spacial score (nSPS) is 12.4. The molecule has 0 spiro atoms. The van der Waals surface area contributed by atoms with Crippen molar-refractivity contribution in [2.75, 3.05) is 11.9 Å². The van der Waals surface area contributed by atoms with Crippen molar-refractivity contribution in [2.24, 2.45) is 0 Å². The first-order chi connectivity index (χ1) is 11.3. The Balaban J connectivity index is 1.67. The lowest BCUT2D eigenvalue weighted by atomic mass is 9.94. The Morgan fingerprint density at radius 2 is 1.91 bits per heavy atom. The zero-order chi connectivity index (χ0) is 15.6. The lowest BCUT2D eigenvalue weighted by Crippen LogP contribution is -2.01. The Morgan fingerprint density at radius 3 is 2.83 bits per heavy atom. The van der Waals surface area contributed by atoms with Gasteiger partial charge in [0.05, 0.1) is 18.0 Å². The average Bonchev–Trinajstić information content (AvgIpc) is 3.00. The van der Waals surface area contributed by atoms with E-state index in [0.29, 0.717) is 6.61 Å². The molecule has 1 aliphatic rings. The van der Waals surface area contributed by atoms with Crippen LogP contribution in [0.3, 0.4) is 0 Å². The van der Waals surface area contributed by atoms with Gasteiger partial charge in [0.2, 0.25) is 0 Å². The van der Waals surface area contributed by atoms with Crippen LogP contribution >= 0.6 is 11.3 Å². The average molecular weight is 322 g/mol. The summed E-state index contributed by atoms with van der Waals surface area (Å²) in [6, 6.07) is 16.6. The topological polar surface area (TPSA) is 34.1 Å². The van der Waals surface area contributed by atoms with E-state index in [1.54, 1.807) is 11.3 Å². The van der Waals surface area contributed by atoms with E-state index in [-0.39, 0.29) is 0 Å². The van der Waals surface area contributed by atoms with E-state index < -0.39 is 0 Å². The summed E-state index contributed by atoms with van der Waals surface area (Å²) < 4.78 is 5.68. The van der Waals surface area contributed by atoms with E-state index in [9.17, 15) is 0 Å². The van der Waals surface area contributed by atoms with Gasteiger partial charge in [0.15, 0.2) is 5.13 Å². The van der Waals surface area contributed by atoms with Crippen LogP contribution < -0.4 is 10.1 Å². The van der Waals surface area contributed by atoms with Crippen LogP contribution in [0.2, 0.25) is 0 Å². The number of rotatable bonds is 4. The highest BCUT2D eigenvalue weighted by Crippen LogP contribution is 2.39. The van der Waals surface area contributed by atoms with Crippen LogP contribution in [0.1, 0.15) is 17.4 Å². The number of hydrogen-bond acceptors (Lipinski definition) is 4. The number of benzene rings is 2. The van der Waals surface area contributed by atoms with Crippen molar-refractivity contribution >= 4 is 22.2 Å². The fourth-order valence-electron chi connectivity index (χ4n) is 2.97. The molecule has 3 nitrogen and oxygen atoms in total. The van der Waals surface area contributed by atoms with Crippen LogP contribution in [0.25, 0.3) is 11.3 Å². The van der Waals surface area contributed by atoms with Crippen LogP contribution in [0.5, 0.6) is 5.75 Å². The van der Waals surface area contributed by atoms with Crippen LogP contribution in [0, 0.1) is 0 Å². The molecule has 1 heterocycles. The third-order valence-corrected chi connectivity index (χ3v) is 5.05. The second-order valence-electron chi connectivity index (χ2n) is 5.50. The van der Waals surface area contributed by atoms with Gasteiger partial charge < -0.3 is 10.1 Å². The molecule has 3 aromatic rings. The van der Waals surface area contributed by atoms with Gasteiger partial charge in [0, 0.05) is 10.4 Å². The molecule has 0 atom stereocenters. The van der Waals surface area contributed by atoms with Crippen molar-refractivity contribution in [1.29, 1.82) is 0 Å². The number of nitrogens with zero attached hydrogens (tertiary/aromatic N) is 1. The van der Waals surface area contributed by atoms with Crippen LogP contribution in [-0.2, 0) is 12.8 Å². The van der Waals surface area contributed by atoms with Gasteiger partial charge in [-0.25, -0.2) is 4.98 Å². The van der Waals surface area contributed by atoms with E-state index in [1.165, 1.54) is 16.0 Å². The fraction of sp³-hybridized carbons (Fsp3) is 0.211. The maximum absolute atomic E-state index is 5.68. The number of hydrogen-bond donors (Lipinski definition) is 1. The van der Waals surface area contributed by atoms with Gasteiger partial charge in [-0.15, -0.1) is 11.3 Å². The summed E-state index contributed by atoms with van der Waals surface area (Å²) >= 11 is 1.74. The van der Waals surface area contributed by atoms with Crippen molar-refractivity contribution in [3.8, 4) is 17.0 Å². The third kappa shape index (κ3) is 2.70. The first kappa shape index (κ1) is 14.3. The zero-order valence-electron chi connectivity index (χ0n) is 13.0. The summed E-state index contributed by atoms with van der Waals surface area (Å²) in [5.41, 5.74) is 4.77. The lowest BCUT2D eigenvalue weighted by Gasteiger charge is -2.13. The van der Waals surface area contributed by atoms with Gasteiger partial charge in [-0.05, 0) is 37.5 Å². The SMILES string of the molecule is CCOc1ccccc1Nc1nc2c(s1)CCc1ccccc1-2. The predicted molar refractivity (Wildman–Crippen MR) is 95.9 cm³/mol. The van der Waals surface area contributed by atoms with Crippen molar-refractivity contribution in [3.63, 3.8) is 0 Å². The number of thiazole rings is 1. The van der Waals surface area contributed by atoms with Crippen molar-refractivity contribution in [2.45, 2.75) is 19.8 Å². The summed E-state index contributed by atoms with van der Waals surface area (Å²) in [7, 11) is 0. The Morgan fingerprint density at radius 1 is 1.09 bits per heavy atom. The smallest absolute Gasteiger partial charge is 0.188 e. The molecule has 0 saturated heterocycles. The molecule has 0 bridgehead atoms. The second kappa shape index (κ2) is 6.05. The van der Waals surface area contributed by atoms with Crippen molar-refractivity contribution in [1.82, 2.24) is 4.98 Å². The minimum Gasteiger partial charge on any atom is -0.492 e. The number of nitrogens with one attached hydrogen (secondary N) is 1. The van der Waals surface area contributed by atoms with Crippen molar-refractivity contribution < 1.29 is 4.74 Å². The summed E-state index contributed by atoms with van der Waals surface area (Å²) in [6.07, 6.45) is 2.17. The zero-order valence-corrected chi connectivity index (χ0v) is 13.8. The maximum atomic E-state index is 5.68. The molecular formula is C19H18N2OS. The number of para-hydroxylation sites is 2. The number of anilines is 2. The Hall–Kier alpha value is -2.33. The van der Waals surface area contributed by atoms with E-state index in [4.69, 9.17) is 9.72 Å². The van der Waals surface area contributed by atoms with Gasteiger partial charge in [0.1, 0.15) is 5.75 Å². The molecule has 1 aliphatic carbocycles. The molecule has 23 heavy (non-hydrogen) atoms. The summed E-state index contributed by atoms with van der Waals surface area (Å²) in [5.74, 6) is 0.864. The number of aryl methyl sites for hydroxylation is 2. The molecule has 0 fully saturated rings. The number of aromatic nitrogens is 1. The maximum Gasteiger partial charge on any atom is 0.188 e. The first-order valence-electron chi connectivity index (χ1n) is 7.92. The summed E-state index contributed by atoms with van der Waals surface area (Å²) in [6.45, 7) is 2.65. The van der Waals surface area contributed by atoms with Gasteiger partial charge in [-0.2, -0.15) is 0 Å². The summed E-state index contributed by atoms with van der Waals surface area (Å²) in [4.78, 5) is 6.20. The third-order valence-electron chi connectivity index (χ3n) is 4.02. The molecule has 1 N–H and O–H groups in total. The molecule has 1 aromatic heterocycles. The van der Waals surface area contributed by atoms with E-state index in [2.05, 4.69) is 29.6 Å². The minimum atomic E-state index is 0.653. The molecule has 4 rings (SSSR count).